The zero-order valence-corrected chi connectivity index (χ0v) is 10.7. The van der Waals surface area contributed by atoms with Gasteiger partial charge in [-0.3, -0.25) is 0 Å². The molecule has 94 valence electrons. The number of anilines is 1. The molecular formula is C11H8BrFN2O3. The molecule has 2 N–H and O–H groups in total. The maximum Gasteiger partial charge on any atom is 0.198 e. The largest absolute Gasteiger partial charge is 0.486 e. The molecule has 0 spiro atoms. The van der Waals surface area contributed by atoms with Crippen LogP contribution in [-0.4, -0.2) is 18.4 Å². The van der Waals surface area contributed by atoms with E-state index in [0.717, 1.165) is 0 Å². The lowest BCUT2D eigenvalue weighted by molar-refractivity contribution is 0.164. The van der Waals surface area contributed by atoms with Crippen molar-refractivity contribution >= 4 is 21.7 Å². The van der Waals surface area contributed by atoms with Gasteiger partial charge in [-0.15, -0.1) is 0 Å². The summed E-state index contributed by atoms with van der Waals surface area (Å²) in [6.45, 7) is 0.705. The fourth-order valence-electron chi connectivity index (χ4n) is 1.75. The molecule has 7 heteroatoms. The van der Waals surface area contributed by atoms with E-state index in [1.165, 1.54) is 6.07 Å². The Morgan fingerprint density at radius 2 is 2.06 bits per heavy atom. The van der Waals surface area contributed by atoms with Crippen LogP contribution in [0.2, 0.25) is 0 Å². The molecule has 1 aliphatic rings. The fraction of sp³-hybridized carbons (Fsp3) is 0.182. The Balaban J connectivity index is 2.20. The number of ether oxygens (including phenoxy) is 2. The molecule has 0 aliphatic carbocycles. The molecule has 0 saturated carbocycles. The molecule has 3 rings (SSSR count). The molecule has 0 bridgehead atoms. The van der Waals surface area contributed by atoms with Gasteiger partial charge < -0.3 is 19.7 Å². The molecule has 1 aromatic carbocycles. The number of aromatic nitrogens is 1. The van der Waals surface area contributed by atoms with Crippen molar-refractivity contribution < 1.29 is 18.4 Å². The molecule has 0 unspecified atom stereocenters. The summed E-state index contributed by atoms with van der Waals surface area (Å²) in [4.78, 5) is 0. The molecule has 2 aromatic rings. The first-order chi connectivity index (χ1) is 8.66. The number of benzene rings is 1. The van der Waals surface area contributed by atoms with E-state index in [1.807, 2.05) is 0 Å². The Hall–Kier alpha value is -1.76. The van der Waals surface area contributed by atoms with Crippen LogP contribution in [0.4, 0.5) is 10.2 Å². The van der Waals surface area contributed by atoms with Crippen molar-refractivity contribution in [1.82, 2.24) is 5.16 Å². The molecule has 1 aromatic heterocycles. The van der Waals surface area contributed by atoms with Crippen molar-refractivity contribution in [3.8, 4) is 22.8 Å². The second-order valence-corrected chi connectivity index (χ2v) is 4.54. The first-order valence-corrected chi connectivity index (χ1v) is 5.96. The van der Waals surface area contributed by atoms with Gasteiger partial charge in [0.1, 0.15) is 13.2 Å². The van der Waals surface area contributed by atoms with Gasteiger partial charge in [-0.05, 0) is 22.0 Å². The van der Waals surface area contributed by atoms with Crippen molar-refractivity contribution in [2.75, 3.05) is 18.9 Å². The van der Waals surface area contributed by atoms with Crippen molar-refractivity contribution in [2.45, 2.75) is 0 Å². The second-order valence-electron chi connectivity index (χ2n) is 3.69. The van der Waals surface area contributed by atoms with Gasteiger partial charge in [0.2, 0.25) is 0 Å². The maximum absolute atomic E-state index is 14.3. The first-order valence-electron chi connectivity index (χ1n) is 5.17. The van der Waals surface area contributed by atoms with Crippen molar-refractivity contribution in [3.05, 3.63) is 22.4 Å². The molecule has 1 aliphatic heterocycles. The summed E-state index contributed by atoms with van der Waals surface area (Å²) in [5, 5.41) is 3.53. The van der Waals surface area contributed by atoms with Crippen LogP contribution in [-0.2, 0) is 0 Å². The average molecular weight is 315 g/mol. The minimum absolute atomic E-state index is 0.0782. The van der Waals surface area contributed by atoms with Gasteiger partial charge in [0.15, 0.2) is 28.9 Å². The van der Waals surface area contributed by atoms with Crippen LogP contribution in [0.5, 0.6) is 11.5 Å². The van der Waals surface area contributed by atoms with Gasteiger partial charge >= 0.3 is 0 Å². The average Bonchev–Trinajstić information content (AvgIpc) is 2.76. The predicted molar refractivity (Wildman–Crippen MR) is 65.0 cm³/mol. The molecular weight excluding hydrogens is 307 g/mol. The standard InChI is InChI=1S/C11H8BrFN2O3/c12-5-3-7-11(17-2-1-16-7)10(13)9(5)6-4-8(14)15-18-6/h3-4H,1-2H2,(H2,14,15). The number of nitrogens with two attached hydrogens (primary N) is 1. The third kappa shape index (κ3) is 1.71. The molecule has 2 heterocycles. The minimum atomic E-state index is -0.560. The summed E-state index contributed by atoms with van der Waals surface area (Å²) in [7, 11) is 0. The SMILES string of the molecule is Nc1cc(-c2c(Br)cc3c(c2F)OCCO3)on1. The first kappa shape index (κ1) is 11.3. The van der Waals surface area contributed by atoms with Gasteiger partial charge in [-0.1, -0.05) is 5.16 Å². The molecule has 0 amide bonds. The fourth-order valence-corrected chi connectivity index (χ4v) is 2.33. The van der Waals surface area contributed by atoms with Crippen LogP contribution >= 0.6 is 15.9 Å². The number of hydrogen-bond acceptors (Lipinski definition) is 5. The van der Waals surface area contributed by atoms with E-state index in [-0.39, 0.29) is 22.9 Å². The van der Waals surface area contributed by atoms with Crippen LogP contribution in [0.25, 0.3) is 11.3 Å². The van der Waals surface area contributed by atoms with E-state index in [1.54, 1.807) is 6.07 Å². The number of rotatable bonds is 1. The number of hydrogen-bond donors (Lipinski definition) is 1. The molecule has 0 atom stereocenters. The quantitative estimate of drug-likeness (QED) is 0.876. The normalized spacial score (nSPS) is 13.7. The highest BCUT2D eigenvalue weighted by Crippen LogP contribution is 2.43. The minimum Gasteiger partial charge on any atom is -0.486 e. The van der Waals surface area contributed by atoms with Crippen LogP contribution in [0.1, 0.15) is 0 Å². The van der Waals surface area contributed by atoms with Gasteiger partial charge in [-0.25, -0.2) is 4.39 Å². The topological polar surface area (TPSA) is 70.5 Å². The molecule has 18 heavy (non-hydrogen) atoms. The Morgan fingerprint density at radius 3 is 2.78 bits per heavy atom. The van der Waals surface area contributed by atoms with E-state index < -0.39 is 5.82 Å². The zero-order valence-electron chi connectivity index (χ0n) is 9.07. The number of nitrogen functional groups attached to an aromatic ring is 1. The van der Waals surface area contributed by atoms with Crippen LogP contribution in [0, 0.1) is 5.82 Å². The second kappa shape index (κ2) is 4.16. The number of fused-ring (bicyclic) bond motifs is 1. The summed E-state index contributed by atoms with van der Waals surface area (Å²) in [5.41, 5.74) is 5.67. The zero-order chi connectivity index (χ0) is 12.7. The Labute approximate surface area is 110 Å². The van der Waals surface area contributed by atoms with Crippen molar-refractivity contribution in [3.63, 3.8) is 0 Å². The van der Waals surface area contributed by atoms with Gasteiger partial charge in [0.05, 0.1) is 5.56 Å². The van der Waals surface area contributed by atoms with E-state index in [0.29, 0.717) is 23.4 Å². The Morgan fingerprint density at radius 1 is 1.28 bits per heavy atom. The van der Waals surface area contributed by atoms with Crippen LogP contribution in [0.15, 0.2) is 21.1 Å². The molecule has 0 saturated heterocycles. The van der Waals surface area contributed by atoms with E-state index in [2.05, 4.69) is 21.1 Å². The Bertz CT molecular complexity index is 615. The third-order valence-corrected chi connectivity index (χ3v) is 3.13. The van der Waals surface area contributed by atoms with Gasteiger partial charge in [0, 0.05) is 10.5 Å². The van der Waals surface area contributed by atoms with Crippen molar-refractivity contribution in [1.29, 1.82) is 0 Å². The summed E-state index contributed by atoms with van der Waals surface area (Å²) < 4.78 is 30.4. The van der Waals surface area contributed by atoms with E-state index in [4.69, 9.17) is 19.7 Å². The van der Waals surface area contributed by atoms with Crippen LogP contribution < -0.4 is 15.2 Å². The van der Waals surface area contributed by atoms with Gasteiger partial charge in [0.25, 0.3) is 0 Å². The predicted octanol–water partition coefficient (Wildman–Crippen LogP) is 2.60. The molecule has 5 nitrogen and oxygen atoms in total. The highest BCUT2D eigenvalue weighted by Gasteiger charge is 2.25. The van der Waals surface area contributed by atoms with Gasteiger partial charge in [-0.2, -0.15) is 0 Å². The third-order valence-electron chi connectivity index (χ3n) is 2.50. The lowest BCUT2D eigenvalue weighted by Crippen LogP contribution is -2.16. The number of nitrogens with zero attached hydrogens (tertiary/aromatic N) is 1. The van der Waals surface area contributed by atoms with E-state index in [9.17, 15) is 4.39 Å². The number of halogens is 2. The summed E-state index contributed by atoms with van der Waals surface area (Å²) in [6, 6.07) is 3.07. The van der Waals surface area contributed by atoms with Crippen LogP contribution in [0.3, 0.4) is 0 Å². The monoisotopic (exact) mass is 314 g/mol. The summed E-state index contributed by atoms with van der Waals surface area (Å²) in [5.74, 6) is 0.298. The summed E-state index contributed by atoms with van der Waals surface area (Å²) in [6.07, 6.45) is 0. The van der Waals surface area contributed by atoms with Crippen molar-refractivity contribution in [2.24, 2.45) is 0 Å². The highest BCUT2D eigenvalue weighted by molar-refractivity contribution is 9.10. The molecule has 0 fully saturated rings. The lowest BCUT2D eigenvalue weighted by atomic mass is 10.1. The molecule has 0 radical (unpaired) electrons. The highest BCUT2D eigenvalue weighted by atomic mass is 79.9. The van der Waals surface area contributed by atoms with E-state index >= 15 is 0 Å². The Kier molecular flexibility index (Phi) is 2.62. The summed E-state index contributed by atoms with van der Waals surface area (Å²) >= 11 is 3.27. The smallest absolute Gasteiger partial charge is 0.198 e. The lowest BCUT2D eigenvalue weighted by Gasteiger charge is -2.20. The maximum atomic E-state index is 14.3.